The van der Waals surface area contributed by atoms with Crippen LogP contribution in [0.4, 0.5) is 4.39 Å². The standard InChI is InChI=1S/C16H19FN2O2/c1-12-8-19(10-16(21-12)4-5-20-11-16)9-14-3-2-13(7-18)6-15(14)17/h2-3,6,12H,4-5,8-11H2,1H3/t12-,16+/m1/s1. The number of halogens is 1. The summed E-state index contributed by atoms with van der Waals surface area (Å²) in [5.41, 5.74) is 0.741. The minimum Gasteiger partial charge on any atom is -0.378 e. The third kappa shape index (κ3) is 3.08. The number of ether oxygens (including phenoxy) is 2. The molecular formula is C16H19FN2O2. The van der Waals surface area contributed by atoms with Gasteiger partial charge in [0.05, 0.1) is 24.3 Å². The molecule has 0 unspecified atom stereocenters. The molecule has 0 bridgehead atoms. The van der Waals surface area contributed by atoms with Crippen LogP contribution in [0.3, 0.4) is 0 Å². The van der Waals surface area contributed by atoms with Crippen LogP contribution in [0.1, 0.15) is 24.5 Å². The number of hydrogen-bond acceptors (Lipinski definition) is 4. The molecule has 21 heavy (non-hydrogen) atoms. The summed E-state index contributed by atoms with van der Waals surface area (Å²) in [4.78, 5) is 2.22. The summed E-state index contributed by atoms with van der Waals surface area (Å²) in [6, 6.07) is 6.62. The molecule has 5 heteroatoms. The van der Waals surface area contributed by atoms with Gasteiger partial charge in [0.15, 0.2) is 0 Å². The normalized spacial score (nSPS) is 29.7. The van der Waals surface area contributed by atoms with E-state index in [1.165, 1.54) is 6.07 Å². The fraction of sp³-hybridized carbons (Fsp3) is 0.562. The topological polar surface area (TPSA) is 45.5 Å². The first-order chi connectivity index (χ1) is 10.1. The summed E-state index contributed by atoms with van der Waals surface area (Å²) in [7, 11) is 0. The zero-order valence-electron chi connectivity index (χ0n) is 12.1. The van der Waals surface area contributed by atoms with E-state index in [-0.39, 0.29) is 17.5 Å². The van der Waals surface area contributed by atoms with E-state index >= 15 is 0 Å². The van der Waals surface area contributed by atoms with Crippen molar-refractivity contribution >= 4 is 0 Å². The van der Waals surface area contributed by atoms with Crippen molar-refractivity contribution in [2.45, 2.75) is 31.6 Å². The second kappa shape index (κ2) is 5.72. The van der Waals surface area contributed by atoms with Gasteiger partial charge in [0.1, 0.15) is 11.4 Å². The van der Waals surface area contributed by atoms with E-state index in [1.807, 2.05) is 13.0 Å². The minimum absolute atomic E-state index is 0.113. The molecule has 112 valence electrons. The van der Waals surface area contributed by atoms with Crippen LogP contribution in [0.25, 0.3) is 0 Å². The lowest BCUT2D eigenvalue weighted by Gasteiger charge is -2.43. The van der Waals surface area contributed by atoms with E-state index in [0.29, 0.717) is 24.3 Å². The molecule has 2 aliphatic rings. The largest absolute Gasteiger partial charge is 0.378 e. The molecule has 0 saturated carbocycles. The third-order valence-corrected chi connectivity index (χ3v) is 4.12. The van der Waals surface area contributed by atoms with E-state index in [9.17, 15) is 4.39 Å². The highest BCUT2D eigenvalue weighted by Gasteiger charge is 2.42. The molecule has 2 atom stereocenters. The molecule has 2 aliphatic heterocycles. The third-order valence-electron chi connectivity index (χ3n) is 4.12. The quantitative estimate of drug-likeness (QED) is 0.836. The van der Waals surface area contributed by atoms with Gasteiger partial charge in [-0.3, -0.25) is 4.90 Å². The molecule has 1 aromatic rings. The predicted molar refractivity (Wildman–Crippen MR) is 75.1 cm³/mol. The Morgan fingerprint density at radius 1 is 1.52 bits per heavy atom. The zero-order chi connectivity index (χ0) is 14.9. The lowest BCUT2D eigenvalue weighted by Crippen LogP contribution is -2.55. The molecule has 2 heterocycles. The first-order valence-corrected chi connectivity index (χ1v) is 7.27. The number of nitrogens with zero attached hydrogens (tertiary/aromatic N) is 2. The van der Waals surface area contributed by atoms with Gasteiger partial charge >= 0.3 is 0 Å². The van der Waals surface area contributed by atoms with Gasteiger partial charge in [-0.15, -0.1) is 0 Å². The summed E-state index contributed by atoms with van der Waals surface area (Å²) in [6.45, 7) is 5.46. The molecule has 2 saturated heterocycles. The second-order valence-corrected chi connectivity index (χ2v) is 6.00. The summed E-state index contributed by atoms with van der Waals surface area (Å²) >= 11 is 0. The molecule has 3 rings (SSSR count). The van der Waals surface area contributed by atoms with Crippen molar-refractivity contribution in [3.8, 4) is 6.07 Å². The lowest BCUT2D eigenvalue weighted by molar-refractivity contribution is -0.149. The summed E-state index contributed by atoms with van der Waals surface area (Å²) in [6.07, 6.45) is 1.01. The van der Waals surface area contributed by atoms with Crippen molar-refractivity contribution in [2.75, 3.05) is 26.3 Å². The van der Waals surface area contributed by atoms with Gasteiger partial charge in [0, 0.05) is 38.2 Å². The van der Waals surface area contributed by atoms with Crippen molar-refractivity contribution in [2.24, 2.45) is 0 Å². The zero-order valence-corrected chi connectivity index (χ0v) is 12.1. The molecule has 4 nitrogen and oxygen atoms in total. The summed E-state index contributed by atoms with van der Waals surface area (Å²) in [5, 5.41) is 8.79. The maximum absolute atomic E-state index is 14.0. The number of hydrogen-bond donors (Lipinski definition) is 0. The highest BCUT2D eigenvalue weighted by atomic mass is 19.1. The Kier molecular flexibility index (Phi) is 3.94. The molecule has 0 aliphatic carbocycles. The molecule has 0 aromatic heterocycles. The highest BCUT2D eigenvalue weighted by molar-refractivity contribution is 5.32. The van der Waals surface area contributed by atoms with E-state index in [4.69, 9.17) is 14.7 Å². The molecule has 0 N–H and O–H groups in total. The second-order valence-electron chi connectivity index (χ2n) is 6.00. The highest BCUT2D eigenvalue weighted by Crippen LogP contribution is 2.30. The molecule has 1 aromatic carbocycles. The average Bonchev–Trinajstić information content (AvgIpc) is 2.87. The molecular weight excluding hydrogens is 271 g/mol. The number of rotatable bonds is 2. The van der Waals surface area contributed by atoms with Crippen LogP contribution in [0.2, 0.25) is 0 Å². The number of nitriles is 1. The van der Waals surface area contributed by atoms with Crippen molar-refractivity contribution in [3.63, 3.8) is 0 Å². The minimum atomic E-state index is -0.315. The van der Waals surface area contributed by atoms with Crippen LogP contribution < -0.4 is 0 Å². The first-order valence-electron chi connectivity index (χ1n) is 7.27. The summed E-state index contributed by atoms with van der Waals surface area (Å²) in [5.74, 6) is -0.315. The monoisotopic (exact) mass is 290 g/mol. The fourth-order valence-corrected chi connectivity index (χ4v) is 3.25. The van der Waals surface area contributed by atoms with Gasteiger partial charge in [-0.05, 0) is 19.1 Å². The Bertz CT molecular complexity index is 564. The van der Waals surface area contributed by atoms with Crippen LogP contribution in [-0.4, -0.2) is 42.9 Å². The van der Waals surface area contributed by atoms with Crippen molar-refractivity contribution in [1.82, 2.24) is 4.90 Å². The van der Waals surface area contributed by atoms with Crippen LogP contribution in [0, 0.1) is 17.1 Å². The van der Waals surface area contributed by atoms with Crippen molar-refractivity contribution in [3.05, 3.63) is 35.1 Å². The van der Waals surface area contributed by atoms with Gasteiger partial charge in [-0.1, -0.05) is 6.07 Å². The number of morpholine rings is 1. The molecule has 0 amide bonds. The van der Waals surface area contributed by atoms with Crippen molar-refractivity contribution < 1.29 is 13.9 Å². The Hall–Kier alpha value is -1.48. The maximum atomic E-state index is 14.0. The number of benzene rings is 1. The summed E-state index contributed by atoms with van der Waals surface area (Å²) < 4.78 is 25.6. The van der Waals surface area contributed by atoms with Crippen LogP contribution >= 0.6 is 0 Å². The maximum Gasteiger partial charge on any atom is 0.129 e. The Labute approximate surface area is 124 Å². The van der Waals surface area contributed by atoms with Gasteiger partial charge in [0.2, 0.25) is 0 Å². The van der Waals surface area contributed by atoms with E-state index in [1.54, 1.807) is 12.1 Å². The van der Waals surface area contributed by atoms with Gasteiger partial charge in [-0.25, -0.2) is 4.39 Å². The van der Waals surface area contributed by atoms with Gasteiger partial charge in [0.25, 0.3) is 0 Å². The lowest BCUT2D eigenvalue weighted by atomic mass is 9.98. The average molecular weight is 290 g/mol. The Morgan fingerprint density at radius 3 is 3.05 bits per heavy atom. The SMILES string of the molecule is C[C@@H]1CN(Cc2ccc(C#N)cc2F)C[C@]2(CCOC2)O1. The molecule has 0 radical (unpaired) electrons. The van der Waals surface area contributed by atoms with Gasteiger partial charge in [-0.2, -0.15) is 5.26 Å². The van der Waals surface area contributed by atoms with E-state index in [0.717, 1.165) is 26.1 Å². The van der Waals surface area contributed by atoms with Crippen LogP contribution in [0.15, 0.2) is 18.2 Å². The van der Waals surface area contributed by atoms with Crippen LogP contribution in [-0.2, 0) is 16.0 Å². The van der Waals surface area contributed by atoms with Gasteiger partial charge < -0.3 is 9.47 Å². The Morgan fingerprint density at radius 2 is 2.38 bits per heavy atom. The fourth-order valence-electron chi connectivity index (χ4n) is 3.25. The molecule has 1 spiro atoms. The van der Waals surface area contributed by atoms with E-state index in [2.05, 4.69) is 4.90 Å². The van der Waals surface area contributed by atoms with Crippen LogP contribution in [0.5, 0.6) is 0 Å². The predicted octanol–water partition coefficient (Wildman–Crippen LogP) is 2.08. The first kappa shape index (κ1) is 14.5. The smallest absolute Gasteiger partial charge is 0.129 e. The molecule has 2 fully saturated rings. The van der Waals surface area contributed by atoms with Crippen molar-refractivity contribution in [1.29, 1.82) is 5.26 Å². The van der Waals surface area contributed by atoms with E-state index < -0.39 is 0 Å². The Balaban J connectivity index is 1.73.